The number of carbonyl (C=O) groups is 1. The van der Waals surface area contributed by atoms with Crippen molar-refractivity contribution in [1.29, 1.82) is 0 Å². The number of piperazine rings is 1. The lowest BCUT2D eigenvalue weighted by Crippen LogP contribution is -2.50. The van der Waals surface area contributed by atoms with Gasteiger partial charge in [0.05, 0.1) is 6.04 Å². The van der Waals surface area contributed by atoms with Crippen molar-refractivity contribution in [3.05, 3.63) is 89.6 Å². The topological polar surface area (TPSA) is 52.6 Å². The van der Waals surface area contributed by atoms with Gasteiger partial charge >= 0.3 is 0 Å². The summed E-state index contributed by atoms with van der Waals surface area (Å²) in [5.41, 5.74) is 2.99. The van der Waals surface area contributed by atoms with E-state index in [1.54, 1.807) is 0 Å². The zero-order valence-electron chi connectivity index (χ0n) is 18.3. The summed E-state index contributed by atoms with van der Waals surface area (Å²) in [6.07, 6.45) is 2.39. The molecule has 6 heteroatoms. The number of anilines is 1. The predicted molar refractivity (Wildman–Crippen MR) is 126 cm³/mol. The Morgan fingerprint density at radius 1 is 0.688 bits per heavy atom. The van der Waals surface area contributed by atoms with E-state index in [4.69, 9.17) is 0 Å². The third-order valence-electron chi connectivity index (χ3n) is 6.50. The molecule has 6 nitrogen and oxygen atoms in total. The first kappa shape index (κ1) is 20.6. The molecule has 3 heterocycles. The molecule has 2 aliphatic rings. The van der Waals surface area contributed by atoms with E-state index < -0.39 is 0 Å². The van der Waals surface area contributed by atoms with Gasteiger partial charge in [-0.25, -0.2) is 0 Å². The number of benzene rings is 2. The predicted octanol–water partition coefficient (Wildman–Crippen LogP) is 3.62. The van der Waals surface area contributed by atoms with Crippen LogP contribution in [0.2, 0.25) is 0 Å². The van der Waals surface area contributed by atoms with Gasteiger partial charge in [0.25, 0.3) is 5.91 Å². The lowest BCUT2D eigenvalue weighted by atomic mass is 9.96. The summed E-state index contributed by atoms with van der Waals surface area (Å²) < 4.78 is 0. The van der Waals surface area contributed by atoms with Crippen LogP contribution in [0.1, 0.15) is 40.5 Å². The first-order valence-electron chi connectivity index (χ1n) is 11.5. The molecule has 164 valence electrons. The smallest absolute Gasteiger partial charge is 0.274 e. The Morgan fingerprint density at radius 2 is 1.28 bits per heavy atom. The molecule has 2 aliphatic heterocycles. The standard InChI is InChI=1S/C26H29N5O/c32-26(23-13-14-24(28-27-23)29-15-7-8-16-29)31-19-17-30(18-20-31)25(21-9-3-1-4-10-21)22-11-5-2-6-12-22/h1-6,9-14,25H,7-8,15-20H2. The van der Waals surface area contributed by atoms with Crippen LogP contribution in [0.25, 0.3) is 0 Å². The summed E-state index contributed by atoms with van der Waals surface area (Å²) in [5.74, 6) is 0.846. The first-order chi connectivity index (χ1) is 15.8. The molecule has 0 saturated carbocycles. The second-order valence-corrected chi connectivity index (χ2v) is 8.52. The average molecular weight is 428 g/mol. The lowest BCUT2D eigenvalue weighted by molar-refractivity contribution is 0.0590. The van der Waals surface area contributed by atoms with Gasteiger partial charge < -0.3 is 9.80 Å². The Labute approximate surface area is 189 Å². The van der Waals surface area contributed by atoms with Gasteiger partial charge in [0, 0.05) is 39.3 Å². The molecule has 2 saturated heterocycles. The zero-order chi connectivity index (χ0) is 21.8. The largest absolute Gasteiger partial charge is 0.355 e. The van der Waals surface area contributed by atoms with Crippen LogP contribution in [0, 0.1) is 0 Å². The van der Waals surface area contributed by atoms with E-state index in [0.717, 1.165) is 32.0 Å². The number of hydrogen-bond donors (Lipinski definition) is 0. The van der Waals surface area contributed by atoms with Crippen molar-refractivity contribution in [2.45, 2.75) is 18.9 Å². The normalized spacial score (nSPS) is 17.2. The maximum Gasteiger partial charge on any atom is 0.274 e. The molecule has 1 aromatic heterocycles. The number of amides is 1. The minimum absolute atomic E-state index is 0.0268. The van der Waals surface area contributed by atoms with E-state index in [-0.39, 0.29) is 11.9 Å². The van der Waals surface area contributed by atoms with E-state index in [0.29, 0.717) is 18.8 Å². The van der Waals surface area contributed by atoms with E-state index in [1.165, 1.54) is 24.0 Å². The maximum absolute atomic E-state index is 13.0. The second-order valence-electron chi connectivity index (χ2n) is 8.52. The zero-order valence-corrected chi connectivity index (χ0v) is 18.3. The van der Waals surface area contributed by atoms with Crippen LogP contribution in [-0.2, 0) is 0 Å². The Kier molecular flexibility index (Phi) is 6.12. The average Bonchev–Trinajstić information content (AvgIpc) is 3.41. The van der Waals surface area contributed by atoms with Crippen molar-refractivity contribution >= 4 is 11.7 Å². The van der Waals surface area contributed by atoms with Gasteiger partial charge in [-0.2, -0.15) is 0 Å². The highest BCUT2D eigenvalue weighted by Gasteiger charge is 2.29. The van der Waals surface area contributed by atoms with Crippen LogP contribution in [0.15, 0.2) is 72.8 Å². The SMILES string of the molecule is O=C(c1ccc(N2CCCC2)nn1)N1CCN(C(c2ccccc2)c2ccccc2)CC1. The fourth-order valence-electron chi connectivity index (χ4n) is 4.78. The van der Waals surface area contributed by atoms with Crippen LogP contribution >= 0.6 is 0 Å². The molecule has 3 aromatic rings. The van der Waals surface area contributed by atoms with Gasteiger partial charge in [-0.3, -0.25) is 9.69 Å². The van der Waals surface area contributed by atoms with Crippen molar-refractivity contribution in [2.75, 3.05) is 44.2 Å². The van der Waals surface area contributed by atoms with Crippen LogP contribution in [0.5, 0.6) is 0 Å². The van der Waals surface area contributed by atoms with Gasteiger partial charge in [0.1, 0.15) is 0 Å². The minimum Gasteiger partial charge on any atom is -0.355 e. The number of aromatic nitrogens is 2. The fourth-order valence-corrected chi connectivity index (χ4v) is 4.78. The van der Waals surface area contributed by atoms with E-state index >= 15 is 0 Å². The molecule has 0 atom stereocenters. The third kappa shape index (κ3) is 4.36. The summed E-state index contributed by atoms with van der Waals surface area (Å²) in [6, 6.07) is 25.2. The molecule has 5 rings (SSSR count). The number of hydrogen-bond acceptors (Lipinski definition) is 5. The van der Waals surface area contributed by atoms with Gasteiger partial charge in [-0.15, -0.1) is 10.2 Å². The van der Waals surface area contributed by atoms with Gasteiger partial charge in [0.2, 0.25) is 0 Å². The van der Waals surface area contributed by atoms with Crippen molar-refractivity contribution in [3.63, 3.8) is 0 Å². The van der Waals surface area contributed by atoms with Gasteiger partial charge in [-0.05, 0) is 36.1 Å². The summed E-state index contributed by atoms with van der Waals surface area (Å²) in [5, 5.41) is 8.57. The summed E-state index contributed by atoms with van der Waals surface area (Å²) >= 11 is 0. The summed E-state index contributed by atoms with van der Waals surface area (Å²) in [7, 11) is 0. The van der Waals surface area contributed by atoms with Crippen LogP contribution in [0.3, 0.4) is 0 Å². The molecule has 0 radical (unpaired) electrons. The molecule has 2 aromatic carbocycles. The molecular weight excluding hydrogens is 398 g/mol. The van der Waals surface area contributed by atoms with Crippen LogP contribution in [-0.4, -0.2) is 65.2 Å². The fraction of sp³-hybridized carbons (Fsp3) is 0.346. The maximum atomic E-state index is 13.0. The highest BCUT2D eigenvalue weighted by molar-refractivity contribution is 5.92. The lowest BCUT2D eigenvalue weighted by Gasteiger charge is -2.39. The van der Waals surface area contributed by atoms with Gasteiger partial charge in [0.15, 0.2) is 11.5 Å². The summed E-state index contributed by atoms with van der Waals surface area (Å²) in [4.78, 5) is 19.6. The second kappa shape index (κ2) is 9.49. The van der Waals surface area contributed by atoms with Crippen LogP contribution in [0.4, 0.5) is 5.82 Å². The molecule has 0 unspecified atom stereocenters. The molecule has 0 aliphatic carbocycles. The molecule has 2 fully saturated rings. The number of rotatable bonds is 5. The Bertz CT molecular complexity index is 972. The Morgan fingerprint density at radius 3 is 1.81 bits per heavy atom. The molecule has 1 amide bonds. The molecular formula is C26H29N5O. The van der Waals surface area contributed by atoms with Crippen molar-refractivity contribution in [1.82, 2.24) is 20.0 Å². The van der Waals surface area contributed by atoms with Crippen LogP contribution < -0.4 is 4.90 Å². The van der Waals surface area contributed by atoms with E-state index in [9.17, 15) is 4.79 Å². The summed E-state index contributed by atoms with van der Waals surface area (Å²) in [6.45, 7) is 5.05. The molecule has 0 bridgehead atoms. The van der Waals surface area contributed by atoms with E-state index in [1.807, 2.05) is 17.0 Å². The first-order valence-corrected chi connectivity index (χ1v) is 11.5. The van der Waals surface area contributed by atoms with E-state index in [2.05, 4.69) is 80.7 Å². The minimum atomic E-state index is -0.0268. The monoisotopic (exact) mass is 427 g/mol. The van der Waals surface area contributed by atoms with Gasteiger partial charge in [-0.1, -0.05) is 60.7 Å². The number of nitrogens with zero attached hydrogens (tertiary/aromatic N) is 5. The van der Waals surface area contributed by atoms with Crippen molar-refractivity contribution in [2.24, 2.45) is 0 Å². The highest BCUT2D eigenvalue weighted by atomic mass is 16.2. The Balaban J connectivity index is 1.27. The quantitative estimate of drug-likeness (QED) is 0.623. The van der Waals surface area contributed by atoms with Crippen molar-refractivity contribution in [3.8, 4) is 0 Å². The Hall–Kier alpha value is -3.25. The third-order valence-corrected chi connectivity index (χ3v) is 6.50. The molecule has 0 spiro atoms. The highest BCUT2D eigenvalue weighted by Crippen LogP contribution is 2.29. The number of carbonyl (C=O) groups excluding carboxylic acids is 1. The van der Waals surface area contributed by atoms with Crippen molar-refractivity contribution < 1.29 is 4.79 Å². The molecule has 32 heavy (non-hydrogen) atoms. The molecule has 0 N–H and O–H groups in total.